The van der Waals surface area contributed by atoms with Gasteiger partial charge in [0.1, 0.15) is 0 Å². The lowest BCUT2D eigenvalue weighted by atomic mass is 10.1. The van der Waals surface area contributed by atoms with Crippen molar-refractivity contribution in [1.82, 2.24) is 15.1 Å². The predicted molar refractivity (Wildman–Crippen MR) is 70.8 cm³/mol. The van der Waals surface area contributed by atoms with E-state index in [0.717, 1.165) is 16.4 Å². The van der Waals surface area contributed by atoms with Crippen molar-refractivity contribution in [3.63, 3.8) is 0 Å². The third-order valence-electron chi connectivity index (χ3n) is 3.02. The summed E-state index contributed by atoms with van der Waals surface area (Å²) in [6.07, 6.45) is 1.91. The minimum atomic E-state index is 0.302. The average Bonchev–Trinajstić information content (AvgIpc) is 2.71. The molecule has 1 unspecified atom stereocenters. The van der Waals surface area contributed by atoms with Gasteiger partial charge in [0, 0.05) is 22.3 Å². The maximum Gasteiger partial charge on any atom is 0.0649 e. The Bertz CT molecular complexity index is 502. The second-order valence-corrected chi connectivity index (χ2v) is 4.52. The molecule has 2 rings (SSSR count). The van der Waals surface area contributed by atoms with Gasteiger partial charge in [-0.2, -0.15) is 5.10 Å². The zero-order valence-electron chi connectivity index (χ0n) is 10.2. The van der Waals surface area contributed by atoms with Gasteiger partial charge in [0.2, 0.25) is 0 Å². The molecule has 3 nitrogen and oxygen atoms in total. The van der Waals surface area contributed by atoms with E-state index in [9.17, 15) is 0 Å². The number of nitrogens with one attached hydrogen (secondary N) is 1. The Labute approximate surface area is 106 Å². The van der Waals surface area contributed by atoms with Gasteiger partial charge >= 0.3 is 0 Å². The molecule has 0 radical (unpaired) electrons. The van der Waals surface area contributed by atoms with Crippen molar-refractivity contribution in [2.45, 2.75) is 19.9 Å². The van der Waals surface area contributed by atoms with Crippen LogP contribution in [0.1, 0.15) is 24.2 Å². The monoisotopic (exact) mass is 249 g/mol. The third-order valence-corrected chi connectivity index (χ3v) is 3.27. The van der Waals surface area contributed by atoms with Gasteiger partial charge in [0.25, 0.3) is 0 Å². The summed E-state index contributed by atoms with van der Waals surface area (Å²) >= 11 is 5.88. The van der Waals surface area contributed by atoms with Gasteiger partial charge in [-0.3, -0.25) is 0 Å². The fraction of sp³-hybridized carbons (Fsp3) is 0.308. The van der Waals surface area contributed by atoms with Gasteiger partial charge in [-0.15, -0.1) is 0 Å². The van der Waals surface area contributed by atoms with E-state index in [1.807, 2.05) is 42.2 Å². The quantitative estimate of drug-likeness (QED) is 0.906. The van der Waals surface area contributed by atoms with Crippen LogP contribution in [0.3, 0.4) is 0 Å². The van der Waals surface area contributed by atoms with Crippen molar-refractivity contribution in [2.24, 2.45) is 0 Å². The molecule has 0 amide bonds. The van der Waals surface area contributed by atoms with Gasteiger partial charge < -0.3 is 5.32 Å². The molecule has 1 aromatic carbocycles. The van der Waals surface area contributed by atoms with Crippen LogP contribution in [0.25, 0.3) is 5.69 Å². The largest absolute Gasteiger partial charge is 0.313 e. The fourth-order valence-corrected chi connectivity index (χ4v) is 1.97. The van der Waals surface area contributed by atoms with Crippen LogP contribution >= 0.6 is 11.6 Å². The van der Waals surface area contributed by atoms with E-state index in [1.54, 1.807) is 0 Å². The molecule has 1 aromatic heterocycles. The molecule has 0 bridgehead atoms. The molecule has 90 valence electrons. The molecule has 0 saturated carbocycles. The van der Waals surface area contributed by atoms with Crippen LogP contribution in [0.5, 0.6) is 0 Å². The summed E-state index contributed by atoms with van der Waals surface area (Å²) < 4.78 is 1.93. The second kappa shape index (κ2) is 4.90. The van der Waals surface area contributed by atoms with Crippen LogP contribution in [0.15, 0.2) is 30.5 Å². The number of hydrogen-bond donors (Lipinski definition) is 1. The summed E-state index contributed by atoms with van der Waals surface area (Å²) in [7, 11) is 1.95. The van der Waals surface area contributed by atoms with Crippen molar-refractivity contribution in [2.75, 3.05) is 7.05 Å². The molecular weight excluding hydrogens is 234 g/mol. The van der Waals surface area contributed by atoms with Crippen molar-refractivity contribution >= 4 is 11.6 Å². The molecule has 1 heterocycles. The van der Waals surface area contributed by atoms with Gasteiger partial charge in [-0.05, 0) is 45.2 Å². The van der Waals surface area contributed by atoms with E-state index in [2.05, 4.69) is 24.3 Å². The first-order valence-corrected chi connectivity index (χ1v) is 5.99. The maximum absolute atomic E-state index is 5.88. The maximum atomic E-state index is 5.88. The molecule has 4 heteroatoms. The van der Waals surface area contributed by atoms with Crippen LogP contribution in [0, 0.1) is 6.92 Å². The van der Waals surface area contributed by atoms with E-state index in [1.165, 1.54) is 5.56 Å². The molecule has 0 aliphatic rings. The Hall–Kier alpha value is -1.32. The Balaban J connectivity index is 2.40. The fourth-order valence-electron chi connectivity index (χ4n) is 1.85. The van der Waals surface area contributed by atoms with Crippen LogP contribution in [0.4, 0.5) is 0 Å². The van der Waals surface area contributed by atoms with Gasteiger partial charge in [-0.25, -0.2) is 4.68 Å². The summed E-state index contributed by atoms with van der Waals surface area (Å²) in [5, 5.41) is 8.38. The molecule has 0 aliphatic carbocycles. The van der Waals surface area contributed by atoms with Gasteiger partial charge in [0.05, 0.1) is 11.9 Å². The normalized spacial score (nSPS) is 12.7. The molecule has 0 aliphatic heterocycles. The van der Waals surface area contributed by atoms with Crippen LogP contribution in [-0.2, 0) is 0 Å². The van der Waals surface area contributed by atoms with E-state index in [-0.39, 0.29) is 0 Å². The van der Waals surface area contributed by atoms with Crippen LogP contribution in [-0.4, -0.2) is 16.8 Å². The number of nitrogens with zero attached hydrogens (tertiary/aromatic N) is 2. The highest BCUT2D eigenvalue weighted by molar-refractivity contribution is 6.30. The zero-order chi connectivity index (χ0) is 12.4. The van der Waals surface area contributed by atoms with Crippen LogP contribution in [0.2, 0.25) is 5.02 Å². The Morgan fingerprint density at radius 1 is 1.29 bits per heavy atom. The Morgan fingerprint density at radius 3 is 2.53 bits per heavy atom. The summed E-state index contributed by atoms with van der Waals surface area (Å²) in [6, 6.07) is 7.99. The summed E-state index contributed by atoms with van der Waals surface area (Å²) in [5.74, 6) is 0. The standard InChI is InChI=1S/C13H16ClN3/c1-9(15-3)13-8-16-17(10(13)2)12-6-4-11(14)5-7-12/h4-9,15H,1-3H3. The van der Waals surface area contributed by atoms with Crippen molar-refractivity contribution in [3.8, 4) is 5.69 Å². The second-order valence-electron chi connectivity index (χ2n) is 4.08. The predicted octanol–water partition coefficient (Wildman–Crippen LogP) is 3.11. The third kappa shape index (κ3) is 2.35. The zero-order valence-corrected chi connectivity index (χ0v) is 11.0. The van der Waals surface area contributed by atoms with Gasteiger partial charge in [0.15, 0.2) is 0 Å². The molecule has 0 spiro atoms. The molecule has 1 N–H and O–H groups in total. The molecular formula is C13H16ClN3. The summed E-state index contributed by atoms with van der Waals surface area (Å²) in [6.45, 7) is 4.20. The van der Waals surface area contributed by atoms with E-state index >= 15 is 0 Å². The summed E-state index contributed by atoms with van der Waals surface area (Å²) in [4.78, 5) is 0. The van der Waals surface area contributed by atoms with E-state index in [0.29, 0.717) is 6.04 Å². The SMILES string of the molecule is CNC(C)c1cnn(-c2ccc(Cl)cc2)c1C. The summed E-state index contributed by atoms with van der Waals surface area (Å²) in [5.41, 5.74) is 3.39. The lowest BCUT2D eigenvalue weighted by Gasteiger charge is -2.10. The Kier molecular flexibility index (Phi) is 3.50. The number of halogens is 1. The highest BCUT2D eigenvalue weighted by Gasteiger charge is 2.12. The molecule has 0 fully saturated rings. The van der Waals surface area contributed by atoms with Crippen molar-refractivity contribution in [3.05, 3.63) is 46.7 Å². The Morgan fingerprint density at radius 2 is 1.94 bits per heavy atom. The average molecular weight is 250 g/mol. The molecule has 1 atom stereocenters. The molecule has 2 aromatic rings. The molecule has 0 saturated heterocycles. The van der Waals surface area contributed by atoms with Crippen LogP contribution < -0.4 is 5.32 Å². The number of rotatable bonds is 3. The topological polar surface area (TPSA) is 29.9 Å². The minimum Gasteiger partial charge on any atom is -0.313 e. The van der Waals surface area contributed by atoms with E-state index in [4.69, 9.17) is 11.6 Å². The van der Waals surface area contributed by atoms with Gasteiger partial charge in [-0.1, -0.05) is 11.6 Å². The van der Waals surface area contributed by atoms with Crippen molar-refractivity contribution in [1.29, 1.82) is 0 Å². The number of aromatic nitrogens is 2. The lowest BCUT2D eigenvalue weighted by Crippen LogP contribution is -2.13. The first-order chi connectivity index (χ1) is 8.13. The van der Waals surface area contributed by atoms with E-state index < -0.39 is 0 Å². The first-order valence-electron chi connectivity index (χ1n) is 5.61. The highest BCUT2D eigenvalue weighted by atomic mass is 35.5. The molecule has 17 heavy (non-hydrogen) atoms. The number of hydrogen-bond acceptors (Lipinski definition) is 2. The van der Waals surface area contributed by atoms with Crippen molar-refractivity contribution < 1.29 is 0 Å². The highest BCUT2D eigenvalue weighted by Crippen LogP contribution is 2.20. The number of benzene rings is 1. The minimum absolute atomic E-state index is 0.302. The first kappa shape index (κ1) is 12.1. The smallest absolute Gasteiger partial charge is 0.0649 e. The lowest BCUT2D eigenvalue weighted by molar-refractivity contribution is 0.647.